The van der Waals surface area contributed by atoms with Crippen molar-refractivity contribution < 1.29 is 19.3 Å². The van der Waals surface area contributed by atoms with Gasteiger partial charge in [-0.25, -0.2) is 9.78 Å². The first-order valence-corrected chi connectivity index (χ1v) is 17.5. The van der Waals surface area contributed by atoms with Gasteiger partial charge in [0.25, 0.3) is 0 Å². The summed E-state index contributed by atoms with van der Waals surface area (Å²) in [5, 5.41) is 3.69. The van der Waals surface area contributed by atoms with E-state index in [1.807, 2.05) is 19.9 Å². The van der Waals surface area contributed by atoms with Crippen LogP contribution in [-0.4, -0.2) is 38.4 Å². The van der Waals surface area contributed by atoms with Crippen molar-refractivity contribution in [1.29, 1.82) is 0 Å². The van der Waals surface area contributed by atoms with Crippen LogP contribution in [0.2, 0.25) is 0 Å². The Morgan fingerprint density at radius 2 is 1.55 bits per heavy atom. The molecular formula is C38H51N7O4. The van der Waals surface area contributed by atoms with E-state index in [0.29, 0.717) is 29.0 Å². The van der Waals surface area contributed by atoms with Gasteiger partial charge in [0.2, 0.25) is 0 Å². The first kappa shape index (κ1) is 36.0. The highest BCUT2D eigenvalue weighted by molar-refractivity contribution is 6.25. The molecule has 3 aromatic rings. The number of rotatable bonds is 12. The maximum Gasteiger partial charge on any atom is 0.359 e. The second-order valence-corrected chi connectivity index (χ2v) is 13.4. The average molecular weight is 670 g/mol. The second-order valence-electron chi connectivity index (χ2n) is 13.4. The molecule has 0 aliphatic carbocycles. The van der Waals surface area contributed by atoms with Gasteiger partial charge in [-0.3, -0.25) is 9.78 Å². The number of nitrogens with two attached hydrogens (primary N) is 2. The van der Waals surface area contributed by atoms with Crippen LogP contribution in [0.4, 0.5) is 0 Å². The van der Waals surface area contributed by atoms with Gasteiger partial charge in [-0.1, -0.05) is 40.0 Å². The van der Waals surface area contributed by atoms with Crippen molar-refractivity contribution in [2.45, 2.75) is 112 Å². The van der Waals surface area contributed by atoms with Gasteiger partial charge in [0.05, 0.1) is 17.0 Å². The van der Waals surface area contributed by atoms with Crippen molar-refractivity contribution >= 4 is 45.2 Å². The highest BCUT2D eigenvalue weighted by atomic mass is 16.7. The molecule has 0 saturated carbocycles. The van der Waals surface area contributed by atoms with Crippen molar-refractivity contribution in [2.24, 2.45) is 11.8 Å². The van der Waals surface area contributed by atoms with E-state index >= 15 is 0 Å². The Balaban J connectivity index is 1.83. The number of hydrogen-bond donors (Lipinski definition) is 5. The van der Waals surface area contributed by atoms with Crippen LogP contribution >= 0.6 is 0 Å². The fourth-order valence-corrected chi connectivity index (χ4v) is 7.31. The van der Waals surface area contributed by atoms with Gasteiger partial charge in [-0.15, -0.1) is 0 Å². The fraction of sp³-hybridized carbons (Fsp3) is 0.474. The molecule has 3 aromatic heterocycles. The topological polar surface area (TPSA) is 174 Å². The summed E-state index contributed by atoms with van der Waals surface area (Å²) in [6.45, 7) is 16.2. The summed E-state index contributed by atoms with van der Waals surface area (Å²) in [5.74, 6) is 9.27. The van der Waals surface area contributed by atoms with Crippen molar-refractivity contribution in [3.8, 4) is 0 Å². The summed E-state index contributed by atoms with van der Waals surface area (Å²) in [7, 11) is 0. The normalized spacial score (nSPS) is 15.9. The van der Waals surface area contributed by atoms with Gasteiger partial charge in [0.15, 0.2) is 0 Å². The number of allylic oxidation sites excluding steroid dienone is 1. The van der Waals surface area contributed by atoms with Crippen molar-refractivity contribution in [1.82, 2.24) is 25.3 Å². The lowest BCUT2D eigenvalue weighted by molar-refractivity contribution is -0.144. The minimum atomic E-state index is -0.671. The molecule has 8 bridgehead atoms. The third-order valence-electron chi connectivity index (χ3n) is 10.4. The van der Waals surface area contributed by atoms with Crippen LogP contribution in [0.25, 0.3) is 33.2 Å². The van der Waals surface area contributed by atoms with Crippen LogP contribution < -0.4 is 17.1 Å². The Kier molecular flexibility index (Phi) is 11.4. The Bertz CT molecular complexity index is 1940. The number of aromatic amines is 2. The third-order valence-corrected chi connectivity index (χ3v) is 10.4. The summed E-state index contributed by atoms with van der Waals surface area (Å²) >= 11 is 0. The largest absolute Gasteiger partial charge is 0.373 e. The minimum absolute atomic E-state index is 0.0478. The van der Waals surface area contributed by atoms with Crippen LogP contribution in [0.3, 0.4) is 0 Å². The number of nitrogens with zero attached hydrogens (tertiary/aromatic N) is 2. The molecule has 7 N–H and O–H groups in total. The Hall–Kier alpha value is -4.32. The number of unbranched alkanes of at least 4 members (excludes halogenated alkanes) is 3. The van der Waals surface area contributed by atoms with E-state index in [1.165, 1.54) is 30.4 Å². The number of hydrogen-bond acceptors (Lipinski definition) is 9. The second kappa shape index (κ2) is 15.5. The maximum absolute atomic E-state index is 13.2. The molecule has 11 nitrogen and oxygen atoms in total. The molecule has 0 unspecified atom stereocenters. The Morgan fingerprint density at radius 1 is 0.857 bits per heavy atom. The fourth-order valence-electron chi connectivity index (χ4n) is 7.31. The molecule has 5 heterocycles. The zero-order valence-corrected chi connectivity index (χ0v) is 29.9. The number of aromatic nitrogens is 4. The van der Waals surface area contributed by atoms with Crippen LogP contribution in [0.5, 0.6) is 0 Å². The number of aryl methyl sites for hydroxylation is 3. The number of fused-ring (bicyclic) bond motifs is 8. The molecule has 2 atom stereocenters. The molecule has 0 saturated heterocycles. The van der Waals surface area contributed by atoms with E-state index in [-0.39, 0.29) is 18.3 Å². The van der Waals surface area contributed by atoms with Gasteiger partial charge in [0.1, 0.15) is 0 Å². The van der Waals surface area contributed by atoms with E-state index in [0.717, 1.165) is 76.1 Å². The Morgan fingerprint density at radius 3 is 2.22 bits per heavy atom. The standard InChI is InChI=1S/C38H51N7O4/c1-8-10-11-12-15-41-19-27-22(5)28-16-30-21(4)26(13-14-34(46)48-39)36(44-30)24(7)37-35(38(47)49-40)23(6)31(45-37)18-32-25(9-2)20(3)29(42-32)17-33(27)43-28/h16-18,21,26,41-43H,8-15,19,39-40H2,1-7H3/t21-,26-/m0/s1. The molecule has 49 heavy (non-hydrogen) atoms. The molecule has 0 fully saturated rings. The summed E-state index contributed by atoms with van der Waals surface area (Å²) < 4.78 is 0. The predicted octanol–water partition coefficient (Wildman–Crippen LogP) is 6.90. The van der Waals surface area contributed by atoms with E-state index in [4.69, 9.17) is 26.6 Å². The van der Waals surface area contributed by atoms with Crippen LogP contribution in [0, 0.1) is 20.8 Å². The lowest BCUT2D eigenvalue weighted by atomic mass is 9.85. The third kappa shape index (κ3) is 7.20. The minimum Gasteiger partial charge on any atom is -0.373 e. The predicted molar refractivity (Wildman–Crippen MR) is 194 cm³/mol. The summed E-state index contributed by atoms with van der Waals surface area (Å²) in [6, 6.07) is 6.31. The number of carbonyl (C=O) groups is 2. The van der Waals surface area contributed by atoms with Crippen molar-refractivity contribution in [3.05, 3.63) is 68.8 Å². The van der Waals surface area contributed by atoms with Gasteiger partial charge >= 0.3 is 11.9 Å². The molecule has 0 amide bonds. The van der Waals surface area contributed by atoms with Crippen molar-refractivity contribution in [2.75, 3.05) is 6.54 Å². The molecule has 0 spiro atoms. The van der Waals surface area contributed by atoms with E-state index in [1.54, 1.807) is 0 Å². The lowest BCUT2D eigenvalue weighted by Crippen LogP contribution is -2.15. The van der Waals surface area contributed by atoms with Gasteiger partial charge in [-0.05, 0) is 105 Å². The number of H-pyrrole nitrogens is 2. The monoisotopic (exact) mass is 669 g/mol. The van der Waals surface area contributed by atoms with Crippen LogP contribution in [0.1, 0.15) is 129 Å². The molecule has 2 aliphatic rings. The average Bonchev–Trinajstić information content (AvgIpc) is 3.78. The molecule has 262 valence electrons. The zero-order valence-electron chi connectivity index (χ0n) is 29.9. The summed E-state index contributed by atoms with van der Waals surface area (Å²) in [6.07, 6.45) is 6.22. The SMILES string of the molecule is CCCCCCNCc1c(C)c2cc3nc(c(C)c4nc(cc5[nH]c(cc1[nH]2)c(C)c5CC)C(C)=C4C(=O)ON)[C@@H](CCC(=O)ON)[C@@H]3C. The lowest BCUT2D eigenvalue weighted by Gasteiger charge is -2.17. The molecule has 0 aromatic carbocycles. The smallest absolute Gasteiger partial charge is 0.359 e. The first-order chi connectivity index (χ1) is 23.5. The first-order valence-electron chi connectivity index (χ1n) is 17.5. The van der Waals surface area contributed by atoms with Gasteiger partial charge in [0, 0.05) is 58.3 Å². The molecule has 2 aliphatic heterocycles. The number of carbonyl (C=O) groups excluding carboxylic acids is 2. The maximum atomic E-state index is 13.2. The molecule has 0 radical (unpaired) electrons. The summed E-state index contributed by atoms with van der Waals surface area (Å²) in [5.41, 5.74) is 13.1. The molecule has 11 heteroatoms. The van der Waals surface area contributed by atoms with E-state index < -0.39 is 11.9 Å². The zero-order chi connectivity index (χ0) is 35.4. The highest BCUT2D eigenvalue weighted by Crippen LogP contribution is 2.43. The quantitative estimate of drug-likeness (QED) is 0.101. The van der Waals surface area contributed by atoms with Crippen molar-refractivity contribution in [3.63, 3.8) is 0 Å². The number of nitrogens with one attached hydrogen (secondary N) is 3. The van der Waals surface area contributed by atoms with Crippen LogP contribution in [-0.2, 0) is 32.2 Å². The van der Waals surface area contributed by atoms with Gasteiger partial charge in [-0.2, -0.15) is 11.8 Å². The Labute approximate surface area is 288 Å². The molecular weight excluding hydrogens is 618 g/mol. The van der Waals surface area contributed by atoms with Gasteiger partial charge < -0.3 is 25.0 Å². The van der Waals surface area contributed by atoms with Crippen LogP contribution in [0.15, 0.2) is 18.2 Å². The van der Waals surface area contributed by atoms with E-state index in [2.05, 4.69) is 66.9 Å². The summed E-state index contributed by atoms with van der Waals surface area (Å²) in [4.78, 5) is 52.2. The molecule has 5 rings (SSSR count). The van der Waals surface area contributed by atoms with E-state index in [9.17, 15) is 9.59 Å². The highest BCUT2D eigenvalue weighted by Gasteiger charge is 2.34.